The van der Waals surface area contributed by atoms with Crippen LogP contribution in [0.1, 0.15) is 5.69 Å². The highest BCUT2D eigenvalue weighted by atomic mass is 32.1. The van der Waals surface area contributed by atoms with E-state index in [1.54, 1.807) is 16.8 Å². The van der Waals surface area contributed by atoms with E-state index in [9.17, 15) is 0 Å². The van der Waals surface area contributed by atoms with E-state index in [1.165, 1.54) is 0 Å². The van der Waals surface area contributed by atoms with E-state index < -0.39 is 0 Å². The van der Waals surface area contributed by atoms with Crippen LogP contribution in [0, 0.1) is 6.42 Å². The van der Waals surface area contributed by atoms with Crippen LogP contribution in [0.4, 0.5) is 0 Å². The molecule has 1 aromatic rings. The number of aromatic nitrogens is 1. The van der Waals surface area contributed by atoms with Gasteiger partial charge in [-0.2, -0.15) is 0 Å². The van der Waals surface area contributed by atoms with Crippen molar-refractivity contribution in [2.75, 3.05) is 6.54 Å². The van der Waals surface area contributed by atoms with Gasteiger partial charge >= 0.3 is 0 Å². The Kier molecular flexibility index (Phi) is 2.00. The molecule has 2 nitrogen and oxygen atoms in total. The van der Waals surface area contributed by atoms with E-state index in [0.717, 1.165) is 5.69 Å². The third kappa shape index (κ3) is 1.28. The average molecular weight is 127 g/mol. The van der Waals surface area contributed by atoms with Gasteiger partial charge in [-0.1, -0.05) is 0 Å². The van der Waals surface area contributed by atoms with Crippen molar-refractivity contribution >= 4 is 11.3 Å². The van der Waals surface area contributed by atoms with Crippen molar-refractivity contribution in [2.45, 2.75) is 0 Å². The molecule has 3 heteroatoms. The second-order valence-electron chi connectivity index (χ2n) is 1.35. The van der Waals surface area contributed by atoms with Crippen LogP contribution < -0.4 is 5.73 Å². The molecule has 0 aliphatic rings. The predicted octanol–water partition coefficient (Wildman–Crippen LogP) is 0.654. The summed E-state index contributed by atoms with van der Waals surface area (Å²) in [4.78, 5) is 3.99. The largest absolute Gasteiger partial charge is 0.330 e. The molecule has 43 valence electrons. The molecular formula is C5H7N2S. The fourth-order valence-electron chi connectivity index (χ4n) is 0.443. The summed E-state index contributed by atoms with van der Waals surface area (Å²) in [7, 11) is 0. The summed E-state index contributed by atoms with van der Waals surface area (Å²) in [6.45, 7) is 0.573. The molecule has 0 aliphatic carbocycles. The van der Waals surface area contributed by atoms with Gasteiger partial charge in [0.2, 0.25) is 0 Å². The first-order chi connectivity index (χ1) is 3.93. The van der Waals surface area contributed by atoms with E-state index in [0.29, 0.717) is 6.54 Å². The van der Waals surface area contributed by atoms with E-state index >= 15 is 0 Å². The van der Waals surface area contributed by atoms with Gasteiger partial charge in [0, 0.05) is 18.3 Å². The molecule has 2 N–H and O–H groups in total. The maximum absolute atomic E-state index is 5.23. The standard InChI is InChI=1S/C5H7N2S/c6-2-1-5-3-8-4-7-5/h1,3-4H,2,6H2. The molecule has 0 saturated carbocycles. The highest BCUT2D eigenvalue weighted by Crippen LogP contribution is 2.01. The van der Waals surface area contributed by atoms with Crippen LogP contribution in [-0.4, -0.2) is 11.5 Å². The fraction of sp³-hybridized carbons (Fsp3) is 0.200. The Labute approximate surface area is 52.4 Å². The average Bonchev–Trinajstić information content (AvgIpc) is 2.19. The maximum Gasteiger partial charge on any atom is 0.0794 e. The SMILES string of the molecule is NC[CH]c1cscn1. The minimum absolute atomic E-state index is 0.573. The van der Waals surface area contributed by atoms with Crippen LogP contribution in [0.25, 0.3) is 0 Å². The van der Waals surface area contributed by atoms with Crippen LogP contribution in [0.15, 0.2) is 10.9 Å². The molecule has 0 aromatic carbocycles. The van der Waals surface area contributed by atoms with Crippen LogP contribution in [0.2, 0.25) is 0 Å². The summed E-state index contributed by atoms with van der Waals surface area (Å²) < 4.78 is 0. The Balaban J connectivity index is 2.50. The van der Waals surface area contributed by atoms with E-state index in [-0.39, 0.29) is 0 Å². The summed E-state index contributed by atoms with van der Waals surface area (Å²) in [6.07, 6.45) is 1.89. The Morgan fingerprint density at radius 3 is 3.25 bits per heavy atom. The van der Waals surface area contributed by atoms with E-state index in [2.05, 4.69) is 4.98 Å². The summed E-state index contributed by atoms with van der Waals surface area (Å²) in [5, 5.41) is 1.97. The van der Waals surface area contributed by atoms with Gasteiger partial charge in [-0.15, -0.1) is 11.3 Å². The molecule has 0 aliphatic heterocycles. The smallest absolute Gasteiger partial charge is 0.0794 e. The second kappa shape index (κ2) is 2.79. The van der Waals surface area contributed by atoms with Crippen molar-refractivity contribution in [2.24, 2.45) is 5.73 Å². The summed E-state index contributed by atoms with van der Waals surface area (Å²) in [5.41, 5.74) is 8.01. The topological polar surface area (TPSA) is 38.9 Å². The third-order valence-corrected chi connectivity index (χ3v) is 1.38. The zero-order valence-electron chi connectivity index (χ0n) is 4.37. The number of hydrogen-bond acceptors (Lipinski definition) is 3. The van der Waals surface area contributed by atoms with Crippen molar-refractivity contribution < 1.29 is 0 Å². The first kappa shape index (κ1) is 5.72. The second-order valence-corrected chi connectivity index (χ2v) is 2.07. The molecule has 0 spiro atoms. The number of hydrogen-bond donors (Lipinski definition) is 1. The maximum atomic E-state index is 5.23. The molecule has 1 radical (unpaired) electrons. The minimum Gasteiger partial charge on any atom is -0.330 e. The Bertz CT molecular complexity index is 136. The molecule has 0 bridgehead atoms. The quantitative estimate of drug-likeness (QED) is 0.633. The molecule has 8 heavy (non-hydrogen) atoms. The van der Waals surface area contributed by atoms with Crippen LogP contribution in [-0.2, 0) is 0 Å². The molecule has 0 atom stereocenters. The van der Waals surface area contributed by atoms with Gasteiger partial charge in [0.05, 0.1) is 11.2 Å². The van der Waals surface area contributed by atoms with Gasteiger partial charge < -0.3 is 5.73 Å². The number of nitrogens with zero attached hydrogens (tertiary/aromatic N) is 1. The van der Waals surface area contributed by atoms with Gasteiger partial charge in [0.1, 0.15) is 0 Å². The third-order valence-electron chi connectivity index (χ3n) is 0.778. The van der Waals surface area contributed by atoms with Gasteiger partial charge in [-0.3, -0.25) is 0 Å². The Morgan fingerprint density at radius 2 is 2.75 bits per heavy atom. The van der Waals surface area contributed by atoms with Gasteiger partial charge in [-0.25, -0.2) is 4.98 Å². The number of thiazole rings is 1. The molecule has 1 aromatic heterocycles. The van der Waals surface area contributed by atoms with Crippen molar-refractivity contribution in [3.05, 3.63) is 23.0 Å². The van der Waals surface area contributed by atoms with Crippen LogP contribution in [0.3, 0.4) is 0 Å². The van der Waals surface area contributed by atoms with Crippen molar-refractivity contribution in [1.82, 2.24) is 4.98 Å². The molecule has 0 unspecified atom stereocenters. The van der Waals surface area contributed by atoms with Crippen molar-refractivity contribution in [3.8, 4) is 0 Å². The predicted molar refractivity (Wildman–Crippen MR) is 34.6 cm³/mol. The molecule has 1 heterocycles. The van der Waals surface area contributed by atoms with Crippen molar-refractivity contribution in [3.63, 3.8) is 0 Å². The highest BCUT2D eigenvalue weighted by molar-refractivity contribution is 7.07. The molecule has 1 rings (SSSR count). The van der Waals surface area contributed by atoms with Gasteiger partial charge in [0.25, 0.3) is 0 Å². The molecular weight excluding hydrogens is 120 g/mol. The molecule has 0 saturated heterocycles. The monoisotopic (exact) mass is 127 g/mol. The molecule has 0 amide bonds. The zero-order chi connectivity index (χ0) is 5.82. The van der Waals surface area contributed by atoms with E-state index in [4.69, 9.17) is 5.73 Å². The zero-order valence-corrected chi connectivity index (χ0v) is 5.19. The fourth-order valence-corrected chi connectivity index (χ4v) is 0.983. The normalized spacial score (nSPS) is 9.62. The Hall–Kier alpha value is -0.410. The van der Waals surface area contributed by atoms with Gasteiger partial charge in [0.15, 0.2) is 0 Å². The number of rotatable bonds is 2. The van der Waals surface area contributed by atoms with Crippen LogP contribution >= 0.6 is 11.3 Å². The number of nitrogens with two attached hydrogens (primary N) is 1. The Morgan fingerprint density at radius 1 is 1.88 bits per heavy atom. The summed E-state index contributed by atoms with van der Waals surface area (Å²) in [5.74, 6) is 0. The van der Waals surface area contributed by atoms with Crippen molar-refractivity contribution in [1.29, 1.82) is 0 Å². The van der Waals surface area contributed by atoms with Gasteiger partial charge in [-0.05, 0) is 0 Å². The first-order valence-electron chi connectivity index (χ1n) is 2.35. The van der Waals surface area contributed by atoms with E-state index in [1.807, 2.05) is 11.8 Å². The lowest BCUT2D eigenvalue weighted by Crippen LogP contribution is -1.99. The molecule has 0 fully saturated rings. The minimum atomic E-state index is 0.573. The lowest BCUT2D eigenvalue weighted by atomic mass is 10.3. The lowest BCUT2D eigenvalue weighted by molar-refractivity contribution is 1.12. The summed E-state index contributed by atoms with van der Waals surface area (Å²) >= 11 is 1.58. The first-order valence-corrected chi connectivity index (χ1v) is 3.29. The highest BCUT2D eigenvalue weighted by Gasteiger charge is 1.89. The summed E-state index contributed by atoms with van der Waals surface area (Å²) in [6, 6.07) is 0. The lowest BCUT2D eigenvalue weighted by Gasteiger charge is -1.84. The van der Waals surface area contributed by atoms with Crippen LogP contribution in [0.5, 0.6) is 0 Å².